The second-order valence-electron chi connectivity index (χ2n) is 5.82. The Morgan fingerprint density at radius 3 is 2.70 bits per heavy atom. The first-order valence-electron chi connectivity index (χ1n) is 7.63. The SMILES string of the molecule is Cc1ncc(CNCC(C)(O)c2cccs2)n1-c1ccccc1. The Morgan fingerprint density at radius 1 is 1.22 bits per heavy atom. The van der Waals surface area contributed by atoms with E-state index in [9.17, 15) is 5.11 Å². The maximum absolute atomic E-state index is 10.6. The van der Waals surface area contributed by atoms with Gasteiger partial charge in [0.25, 0.3) is 0 Å². The molecular weight excluding hydrogens is 306 g/mol. The van der Waals surface area contributed by atoms with Crippen molar-refractivity contribution in [2.45, 2.75) is 26.0 Å². The van der Waals surface area contributed by atoms with E-state index >= 15 is 0 Å². The third-order valence-electron chi connectivity index (χ3n) is 3.85. The van der Waals surface area contributed by atoms with Crippen LogP contribution < -0.4 is 5.32 Å². The number of imidazole rings is 1. The van der Waals surface area contributed by atoms with Gasteiger partial charge in [-0.05, 0) is 37.4 Å². The van der Waals surface area contributed by atoms with Gasteiger partial charge in [-0.15, -0.1) is 11.3 Å². The highest BCUT2D eigenvalue weighted by atomic mass is 32.1. The zero-order valence-electron chi connectivity index (χ0n) is 13.4. The normalized spacial score (nSPS) is 13.9. The molecule has 1 aromatic carbocycles. The summed E-state index contributed by atoms with van der Waals surface area (Å²) in [6.45, 7) is 4.98. The minimum absolute atomic E-state index is 0.493. The van der Waals surface area contributed by atoms with Crippen LogP contribution in [0, 0.1) is 6.92 Å². The van der Waals surface area contributed by atoms with Crippen molar-refractivity contribution in [3.63, 3.8) is 0 Å². The number of para-hydroxylation sites is 1. The third kappa shape index (κ3) is 3.52. The molecule has 5 heteroatoms. The number of nitrogens with one attached hydrogen (secondary N) is 1. The fourth-order valence-electron chi connectivity index (χ4n) is 2.65. The molecule has 0 spiro atoms. The van der Waals surface area contributed by atoms with Crippen molar-refractivity contribution < 1.29 is 5.11 Å². The van der Waals surface area contributed by atoms with Crippen molar-refractivity contribution in [3.05, 3.63) is 70.4 Å². The van der Waals surface area contributed by atoms with Crippen LogP contribution in [0.25, 0.3) is 5.69 Å². The highest BCUT2D eigenvalue weighted by Gasteiger charge is 2.23. The lowest BCUT2D eigenvalue weighted by atomic mass is 10.1. The molecule has 120 valence electrons. The van der Waals surface area contributed by atoms with Gasteiger partial charge in [-0.3, -0.25) is 4.57 Å². The lowest BCUT2D eigenvalue weighted by Gasteiger charge is -2.22. The zero-order valence-corrected chi connectivity index (χ0v) is 14.2. The van der Waals surface area contributed by atoms with Crippen molar-refractivity contribution in [1.82, 2.24) is 14.9 Å². The lowest BCUT2D eigenvalue weighted by molar-refractivity contribution is 0.0603. The Hall–Kier alpha value is -1.95. The molecule has 0 radical (unpaired) electrons. The molecule has 3 rings (SSSR count). The summed E-state index contributed by atoms with van der Waals surface area (Å²) in [4.78, 5) is 5.39. The van der Waals surface area contributed by atoms with Crippen LogP contribution in [0.4, 0.5) is 0 Å². The first-order chi connectivity index (χ1) is 11.1. The van der Waals surface area contributed by atoms with E-state index in [0.29, 0.717) is 13.1 Å². The Kier molecular flexibility index (Phi) is 4.61. The predicted octanol–water partition coefficient (Wildman–Crippen LogP) is 3.24. The van der Waals surface area contributed by atoms with Crippen molar-refractivity contribution in [3.8, 4) is 5.69 Å². The Balaban J connectivity index is 1.70. The predicted molar refractivity (Wildman–Crippen MR) is 93.9 cm³/mol. The molecule has 0 aliphatic carbocycles. The molecular formula is C18H21N3OS. The van der Waals surface area contributed by atoms with E-state index in [1.54, 1.807) is 11.3 Å². The van der Waals surface area contributed by atoms with Crippen LogP contribution in [0.5, 0.6) is 0 Å². The standard InChI is InChI=1S/C18H21N3OS/c1-14-20-12-16(21(14)15-7-4-3-5-8-15)11-19-13-18(2,22)17-9-6-10-23-17/h3-10,12,19,22H,11,13H2,1-2H3. The average Bonchev–Trinajstić information content (AvgIpc) is 3.19. The summed E-state index contributed by atoms with van der Waals surface area (Å²) < 4.78 is 2.13. The summed E-state index contributed by atoms with van der Waals surface area (Å²) in [6, 6.07) is 14.1. The number of thiophene rings is 1. The summed E-state index contributed by atoms with van der Waals surface area (Å²) in [7, 11) is 0. The molecule has 4 nitrogen and oxygen atoms in total. The molecule has 2 N–H and O–H groups in total. The van der Waals surface area contributed by atoms with Crippen LogP contribution in [0.1, 0.15) is 23.3 Å². The molecule has 3 aromatic rings. The number of aliphatic hydroxyl groups is 1. The summed E-state index contributed by atoms with van der Waals surface area (Å²) in [6.07, 6.45) is 1.88. The van der Waals surface area contributed by atoms with E-state index in [0.717, 1.165) is 22.1 Å². The van der Waals surface area contributed by atoms with Gasteiger partial charge in [0.1, 0.15) is 11.4 Å². The maximum atomic E-state index is 10.6. The van der Waals surface area contributed by atoms with Gasteiger partial charge in [0.05, 0.1) is 11.9 Å². The number of aryl methyl sites for hydroxylation is 1. The van der Waals surface area contributed by atoms with Crippen molar-refractivity contribution in [2.75, 3.05) is 6.54 Å². The molecule has 1 unspecified atom stereocenters. The molecule has 2 aromatic heterocycles. The minimum atomic E-state index is -0.860. The van der Waals surface area contributed by atoms with E-state index in [1.807, 2.05) is 55.8 Å². The van der Waals surface area contributed by atoms with Crippen LogP contribution in [0.15, 0.2) is 54.0 Å². The molecule has 0 amide bonds. The van der Waals surface area contributed by atoms with E-state index < -0.39 is 5.60 Å². The van der Waals surface area contributed by atoms with E-state index in [1.165, 1.54) is 0 Å². The van der Waals surface area contributed by atoms with Gasteiger partial charge in [0, 0.05) is 23.7 Å². The Morgan fingerprint density at radius 2 is 2.00 bits per heavy atom. The number of hydrogen-bond acceptors (Lipinski definition) is 4. The van der Waals surface area contributed by atoms with E-state index in [4.69, 9.17) is 0 Å². The second kappa shape index (κ2) is 6.66. The van der Waals surface area contributed by atoms with Crippen molar-refractivity contribution in [2.24, 2.45) is 0 Å². The molecule has 0 saturated carbocycles. The number of aromatic nitrogens is 2. The maximum Gasteiger partial charge on any atom is 0.110 e. The third-order valence-corrected chi connectivity index (χ3v) is 4.98. The summed E-state index contributed by atoms with van der Waals surface area (Å²) in [5.74, 6) is 0.956. The van der Waals surface area contributed by atoms with Crippen LogP contribution in [0.3, 0.4) is 0 Å². The number of benzene rings is 1. The van der Waals surface area contributed by atoms with E-state index in [2.05, 4.69) is 27.0 Å². The molecule has 0 bridgehead atoms. The van der Waals surface area contributed by atoms with Gasteiger partial charge in [-0.2, -0.15) is 0 Å². The highest BCUT2D eigenvalue weighted by Crippen LogP contribution is 2.24. The molecule has 0 fully saturated rings. The molecule has 0 aliphatic rings. The Bertz CT molecular complexity index is 748. The molecule has 0 aliphatic heterocycles. The smallest absolute Gasteiger partial charge is 0.110 e. The minimum Gasteiger partial charge on any atom is -0.383 e. The van der Waals surface area contributed by atoms with Gasteiger partial charge in [-0.25, -0.2) is 4.98 Å². The summed E-state index contributed by atoms with van der Waals surface area (Å²) in [5, 5.41) is 15.9. The molecule has 1 atom stereocenters. The first kappa shape index (κ1) is 15.9. The van der Waals surface area contributed by atoms with Crippen molar-refractivity contribution in [1.29, 1.82) is 0 Å². The van der Waals surface area contributed by atoms with Crippen LogP contribution in [0.2, 0.25) is 0 Å². The quantitative estimate of drug-likeness (QED) is 0.731. The number of rotatable bonds is 6. The largest absolute Gasteiger partial charge is 0.383 e. The number of hydrogen-bond donors (Lipinski definition) is 2. The summed E-state index contributed by atoms with van der Waals surface area (Å²) in [5.41, 5.74) is 1.32. The van der Waals surface area contributed by atoms with Crippen LogP contribution in [-0.2, 0) is 12.1 Å². The fraction of sp³-hybridized carbons (Fsp3) is 0.278. The first-order valence-corrected chi connectivity index (χ1v) is 8.51. The van der Waals surface area contributed by atoms with Crippen molar-refractivity contribution >= 4 is 11.3 Å². The zero-order chi connectivity index (χ0) is 16.3. The van der Waals surface area contributed by atoms with Gasteiger partial charge in [-0.1, -0.05) is 24.3 Å². The Labute approximate surface area is 140 Å². The monoisotopic (exact) mass is 327 g/mol. The highest BCUT2D eigenvalue weighted by molar-refractivity contribution is 7.10. The van der Waals surface area contributed by atoms with Gasteiger partial charge < -0.3 is 10.4 Å². The molecule has 0 saturated heterocycles. The summed E-state index contributed by atoms with van der Waals surface area (Å²) >= 11 is 1.57. The fourth-order valence-corrected chi connectivity index (χ4v) is 3.44. The van der Waals surface area contributed by atoms with Crippen LogP contribution >= 0.6 is 11.3 Å². The molecule has 23 heavy (non-hydrogen) atoms. The van der Waals surface area contributed by atoms with Crippen LogP contribution in [-0.4, -0.2) is 21.2 Å². The lowest BCUT2D eigenvalue weighted by Crippen LogP contribution is -2.34. The molecule has 2 heterocycles. The topological polar surface area (TPSA) is 50.1 Å². The van der Waals surface area contributed by atoms with E-state index in [-0.39, 0.29) is 0 Å². The average molecular weight is 327 g/mol. The van der Waals surface area contributed by atoms with Gasteiger partial charge in [0.15, 0.2) is 0 Å². The van der Waals surface area contributed by atoms with Gasteiger partial charge >= 0.3 is 0 Å². The second-order valence-corrected chi connectivity index (χ2v) is 6.77. The van der Waals surface area contributed by atoms with Gasteiger partial charge in [0.2, 0.25) is 0 Å². The number of nitrogens with zero attached hydrogens (tertiary/aromatic N) is 2.